The van der Waals surface area contributed by atoms with E-state index in [4.69, 9.17) is 14.2 Å². The van der Waals surface area contributed by atoms with Crippen molar-refractivity contribution in [2.24, 2.45) is 0 Å². The monoisotopic (exact) mass is 707 g/mol. The number of amides is 2. The first-order valence-corrected chi connectivity index (χ1v) is 17.8. The van der Waals surface area contributed by atoms with Gasteiger partial charge in [0, 0.05) is 16.8 Å². The molecule has 1 unspecified atom stereocenters. The van der Waals surface area contributed by atoms with Gasteiger partial charge < -0.3 is 24.8 Å². The molecule has 11 heteroatoms. The molecule has 1 heterocycles. The Bertz CT molecular complexity index is 1970. The van der Waals surface area contributed by atoms with Crippen LogP contribution in [0, 0.1) is 0 Å². The minimum atomic E-state index is -0.825. The highest BCUT2D eigenvalue weighted by atomic mass is 32.1. The molecule has 0 saturated heterocycles. The van der Waals surface area contributed by atoms with Gasteiger partial charge in [0.1, 0.15) is 5.75 Å². The van der Waals surface area contributed by atoms with Crippen LogP contribution >= 0.6 is 11.3 Å². The van der Waals surface area contributed by atoms with Crippen molar-refractivity contribution in [3.05, 3.63) is 113 Å². The third-order valence-electron chi connectivity index (χ3n) is 8.27. The molecule has 4 aromatic carbocycles. The zero-order valence-electron chi connectivity index (χ0n) is 28.9. The van der Waals surface area contributed by atoms with Crippen molar-refractivity contribution >= 4 is 50.8 Å². The van der Waals surface area contributed by atoms with Crippen LogP contribution in [0.15, 0.2) is 90.4 Å². The summed E-state index contributed by atoms with van der Waals surface area (Å²) in [5.74, 6) is -0.283. The summed E-state index contributed by atoms with van der Waals surface area (Å²) < 4.78 is 17.8. The number of benzene rings is 4. The average molecular weight is 708 g/mol. The van der Waals surface area contributed by atoms with E-state index in [2.05, 4.69) is 22.5 Å². The first-order valence-electron chi connectivity index (χ1n) is 16.9. The van der Waals surface area contributed by atoms with Gasteiger partial charge in [-0.15, -0.1) is 11.3 Å². The van der Waals surface area contributed by atoms with Gasteiger partial charge in [-0.2, -0.15) is 0 Å². The SMILES string of the molecule is CCCCCCCOc1ccc(C(=O)Oc2ccc(CC(NC(=O)c3ccc(NC(=O)c4ccc5ncsc5c4)cc3)C(C)=O)cc2OC)cc1. The van der Waals surface area contributed by atoms with Crippen LogP contribution in [0.3, 0.4) is 0 Å². The van der Waals surface area contributed by atoms with Crippen molar-refractivity contribution in [3.8, 4) is 17.2 Å². The molecule has 10 nitrogen and oxygen atoms in total. The number of ether oxygens (including phenoxy) is 3. The van der Waals surface area contributed by atoms with Crippen LogP contribution in [0.5, 0.6) is 17.2 Å². The van der Waals surface area contributed by atoms with E-state index in [0.717, 1.165) is 23.1 Å². The Hall–Kier alpha value is -5.55. The lowest BCUT2D eigenvalue weighted by Gasteiger charge is -2.17. The molecule has 1 atom stereocenters. The number of hydrogen-bond acceptors (Lipinski definition) is 9. The van der Waals surface area contributed by atoms with E-state index in [-0.39, 0.29) is 23.9 Å². The van der Waals surface area contributed by atoms with Gasteiger partial charge in [-0.1, -0.05) is 38.7 Å². The number of hydrogen-bond donors (Lipinski definition) is 2. The van der Waals surface area contributed by atoms with Gasteiger partial charge in [-0.25, -0.2) is 9.78 Å². The first-order chi connectivity index (χ1) is 24.7. The van der Waals surface area contributed by atoms with Crippen LogP contribution in [-0.4, -0.2) is 48.3 Å². The second kappa shape index (κ2) is 17.9. The van der Waals surface area contributed by atoms with Crippen LogP contribution in [0.2, 0.25) is 0 Å². The number of methoxy groups -OCH3 is 1. The molecule has 0 bridgehead atoms. The summed E-state index contributed by atoms with van der Waals surface area (Å²) in [6, 6.07) is 22.7. The first kappa shape index (κ1) is 36.7. The average Bonchev–Trinajstić information content (AvgIpc) is 3.62. The number of fused-ring (bicyclic) bond motifs is 1. The molecule has 5 rings (SSSR count). The maximum atomic E-state index is 13.1. The van der Waals surface area contributed by atoms with Gasteiger partial charge in [-0.05, 0) is 104 Å². The normalized spacial score (nSPS) is 11.4. The zero-order chi connectivity index (χ0) is 36.2. The lowest BCUT2D eigenvalue weighted by atomic mass is 10.0. The summed E-state index contributed by atoms with van der Waals surface area (Å²) in [7, 11) is 1.46. The highest BCUT2D eigenvalue weighted by Crippen LogP contribution is 2.30. The van der Waals surface area contributed by atoms with Gasteiger partial charge in [0.15, 0.2) is 17.3 Å². The topological polar surface area (TPSA) is 133 Å². The van der Waals surface area contributed by atoms with Crippen molar-refractivity contribution in [1.82, 2.24) is 10.3 Å². The summed E-state index contributed by atoms with van der Waals surface area (Å²) in [6.07, 6.45) is 5.94. The number of thiazole rings is 1. The summed E-state index contributed by atoms with van der Waals surface area (Å²) in [5.41, 5.74) is 4.96. The zero-order valence-corrected chi connectivity index (χ0v) is 29.7. The number of anilines is 1. The number of nitrogens with one attached hydrogen (secondary N) is 2. The molecule has 0 fully saturated rings. The number of ketones is 1. The van der Waals surface area contributed by atoms with Gasteiger partial charge >= 0.3 is 5.97 Å². The molecule has 51 heavy (non-hydrogen) atoms. The van der Waals surface area contributed by atoms with Crippen LogP contribution in [0.25, 0.3) is 10.2 Å². The van der Waals surface area contributed by atoms with E-state index < -0.39 is 17.9 Å². The lowest BCUT2D eigenvalue weighted by Crippen LogP contribution is -2.41. The predicted octanol–water partition coefficient (Wildman–Crippen LogP) is 8.06. The predicted molar refractivity (Wildman–Crippen MR) is 198 cm³/mol. The number of carbonyl (C=O) groups is 4. The standard InChI is InChI=1S/C40H41N3O7S/c1-4-5-6-7-8-21-49-32-17-12-29(13-18-32)40(47)50-35-20-9-27(23-36(35)48-3)22-34(26(2)44)43-38(45)28-10-15-31(16-11-28)42-39(46)30-14-19-33-37(24-30)51-25-41-33/h9-20,23-25,34H,4-8,21-22H2,1-3H3,(H,42,46)(H,43,45). The van der Waals surface area contributed by atoms with Gasteiger partial charge in [-0.3, -0.25) is 14.4 Å². The van der Waals surface area contributed by atoms with E-state index in [1.54, 1.807) is 90.4 Å². The van der Waals surface area contributed by atoms with Crippen molar-refractivity contribution < 1.29 is 33.4 Å². The molecule has 0 saturated carbocycles. The molecule has 0 aliphatic heterocycles. The Balaban J connectivity index is 1.14. The van der Waals surface area contributed by atoms with Crippen molar-refractivity contribution in [2.45, 2.75) is 58.4 Å². The summed E-state index contributed by atoms with van der Waals surface area (Å²) in [5, 5.41) is 5.63. The molecular formula is C40H41N3O7S. The fourth-order valence-electron chi connectivity index (χ4n) is 5.34. The maximum absolute atomic E-state index is 13.1. The quantitative estimate of drug-likeness (QED) is 0.0564. The summed E-state index contributed by atoms with van der Waals surface area (Å²) >= 11 is 1.46. The van der Waals surface area contributed by atoms with Gasteiger partial charge in [0.25, 0.3) is 11.8 Å². The molecule has 0 aliphatic carbocycles. The molecule has 0 radical (unpaired) electrons. The summed E-state index contributed by atoms with van der Waals surface area (Å²) in [6.45, 7) is 4.22. The molecule has 0 aliphatic rings. The summed E-state index contributed by atoms with van der Waals surface area (Å²) in [4.78, 5) is 55.6. The fraction of sp³-hybridized carbons (Fsp3) is 0.275. The van der Waals surface area contributed by atoms with Gasteiger partial charge in [0.05, 0.1) is 41.0 Å². The second-order valence-electron chi connectivity index (χ2n) is 12.1. The molecule has 1 aromatic heterocycles. The minimum Gasteiger partial charge on any atom is -0.494 e. The van der Waals surface area contributed by atoms with Crippen molar-refractivity contribution in [3.63, 3.8) is 0 Å². The number of esters is 1. The molecule has 5 aromatic rings. The Morgan fingerprint density at radius 3 is 2.24 bits per heavy atom. The second-order valence-corrected chi connectivity index (χ2v) is 13.0. The number of rotatable bonds is 17. The fourth-order valence-corrected chi connectivity index (χ4v) is 6.06. The Kier molecular flexibility index (Phi) is 12.9. The number of Topliss-reactive ketones (excluding diaryl/α,β-unsaturated/α-hetero) is 1. The van der Waals surface area contributed by atoms with E-state index in [1.807, 2.05) is 0 Å². The number of unbranched alkanes of at least 4 members (excludes halogenated alkanes) is 4. The van der Waals surface area contributed by atoms with E-state index in [0.29, 0.717) is 46.0 Å². The Morgan fingerprint density at radius 2 is 1.51 bits per heavy atom. The van der Waals surface area contributed by atoms with Crippen molar-refractivity contribution in [2.75, 3.05) is 19.0 Å². The lowest BCUT2D eigenvalue weighted by molar-refractivity contribution is -0.118. The van der Waals surface area contributed by atoms with Crippen LogP contribution < -0.4 is 24.8 Å². The molecule has 2 N–H and O–H groups in total. The Morgan fingerprint density at radius 1 is 0.784 bits per heavy atom. The van der Waals surface area contributed by atoms with Crippen LogP contribution in [0.1, 0.15) is 82.6 Å². The third-order valence-corrected chi connectivity index (χ3v) is 9.06. The van der Waals surface area contributed by atoms with Crippen molar-refractivity contribution in [1.29, 1.82) is 0 Å². The smallest absolute Gasteiger partial charge is 0.343 e. The molecule has 0 spiro atoms. The number of aromatic nitrogens is 1. The minimum absolute atomic E-state index is 0.184. The highest BCUT2D eigenvalue weighted by molar-refractivity contribution is 7.16. The third kappa shape index (κ3) is 10.2. The number of nitrogens with zero attached hydrogens (tertiary/aromatic N) is 1. The van der Waals surface area contributed by atoms with Crippen LogP contribution in [0.4, 0.5) is 5.69 Å². The number of carbonyl (C=O) groups excluding carboxylic acids is 4. The Labute approximate surface area is 301 Å². The van der Waals surface area contributed by atoms with Crippen LogP contribution in [-0.2, 0) is 11.2 Å². The van der Waals surface area contributed by atoms with E-state index >= 15 is 0 Å². The molecule has 2 amide bonds. The molecule has 264 valence electrons. The molecular weight excluding hydrogens is 667 g/mol. The maximum Gasteiger partial charge on any atom is 0.343 e. The highest BCUT2D eigenvalue weighted by Gasteiger charge is 2.21. The largest absolute Gasteiger partial charge is 0.494 e. The van der Waals surface area contributed by atoms with E-state index in [1.165, 1.54) is 44.6 Å². The van der Waals surface area contributed by atoms with Gasteiger partial charge in [0.2, 0.25) is 0 Å². The van der Waals surface area contributed by atoms with E-state index in [9.17, 15) is 19.2 Å².